The molecule has 0 bridgehead atoms. The van der Waals surface area contributed by atoms with Gasteiger partial charge in [0, 0.05) is 12.7 Å². The van der Waals surface area contributed by atoms with E-state index in [1.165, 1.54) is 5.56 Å². The van der Waals surface area contributed by atoms with E-state index >= 15 is 0 Å². The average molecular weight is 235 g/mol. The van der Waals surface area contributed by atoms with E-state index in [0.29, 0.717) is 5.92 Å². The van der Waals surface area contributed by atoms with Gasteiger partial charge in [0.15, 0.2) is 0 Å². The Bertz CT molecular complexity index is 348. The number of anilines is 1. The third-order valence-electron chi connectivity index (χ3n) is 2.79. The highest BCUT2D eigenvalue weighted by molar-refractivity contribution is 5.88. The average Bonchev–Trinajstić information content (AvgIpc) is 2.36. The third-order valence-corrected chi connectivity index (χ3v) is 2.79. The second kappa shape index (κ2) is 6.91. The number of carbonyl (C=O) groups excluding carboxylic acids is 1. The number of rotatable bonds is 5. The zero-order chi connectivity index (χ0) is 12.7. The second-order valence-corrected chi connectivity index (χ2v) is 4.12. The number of hydrogen-bond donors (Lipinski definition) is 3. The monoisotopic (exact) mass is 235 g/mol. The number of hydrogen-bond acceptors (Lipinski definition) is 2. The molecule has 2 amide bonds. The second-order valence-electron chi connectivity index (χ2n) is 4.12. The molecule has 0 aliphatic carbocycles. The standard InChI is InChI=1S/C13H21N3O/c1-10(8-9-14-2)11-4-6-12(7-5-11)16-13(17)15-3/h4-7,10,14H,8-9H2,1-3H3,(H2,15,16,17). The number of carbonyl (C=O) groups is 1. The Morgan fingerprint density at radius 3 is 2.41 bits per heavy atom. The van der Waals surface area contributed by atoms with Crippen LogP contribution in [0, 0.1) is 0 Å². The van der Waals surface area contributed by atoms with Gasteiger partial charge in [0.2, 0.25) is 0 Å². The molecule has 0 radical (unpaired) electrons. The summed E-state index contributed by atoms with van der Waals surface area (Å²) >= 11 is 0. The molecular weight excluding hydrogens is 214 g/mol. The first kappa shape index (κ1) is 13.5. The van der Waals surface area contributed by atoms with Crippen LogP contribution in [0.2, 0.25) is 0 Å². The van der Waals surface area contributed by atoms with E-state index in [2.05, 4.69) is 35.0 Å². The molecule has 4 heteroatoms. The molecule has 3 N–H and O–H groups in total. The van der Waals surface area contributed by atoms with Crippen molar-refractivity contribution in [3.05, 3.63) is 29.8 Å². The minimum Gasteiger partial charge on any atom is -0.341 e. The number of nitrogens with one attached hydrogen (secondary N) is 3. The Balaban J connectivity index is 2.57. The van der Waals surface area contributed by atoms with Gasteiger partial charge in [0.1, 0.15) is 0 Å². The lowest BCUT2D eigenvalue weighted by molar-refractivity contribution is 0.254. The molecule has 0 aromatic heterocycles. The maximum Gasteiger partial charge on any atom is 0.318 e. The van der Waals surface area contributed by atoms with Crippen LogP contribution in [0.1, 0.15) is 24.8 Å². The highest BCUT2D eigenvalue weighted by Gasteiger charge is 2.05. The highest BCUT2D eigenvalue weighted by Crippen LogP contribution is 2.20. The fourth-order valence-corrected chi connectivity index (χ4v) is 1.62. The molecule has 0 aliphatic rings. The molecule has 1 rings (SSSR count). The third kappa shape index (κ3) is 4.44. The van der Waals surface area contributed by atoms with Gasteiger partial charge in [-0.25, -0.2) is 4.79 Å². The zero-order valence-electron chi connectivity index (χ0n) is 10.7. The smallest absolute Gasteiger partial charge is 0.318 e. The number of benzene rings is 1. The summed E-state index contributed by atoms with van der Waals surface area (Å²) < 4.78 is 0. The van der Waals surface area contributed by atoms with Gasteiger partial charge in [-0.1, -0.05) is 19.1 Å². The van der Waals surface area contributed by atoms with Gasteiger partial charge in [-0.05, 0) is 43.6 Å². The van der Waals surface area contributed by atoms with Crippen molar-refractivity contribution < 1.29 is 4.79 Å². The molecule has 4 nitrogen and oxygen atoms in total. The van der Waals surface area contributed by atoms with Crippen LogP contribution >= 0.6 is 0 Å². The molecule has 94 valence electrons. The predicted molar refractivity (Wildman–Crippen MR) is 71.5 cm³/mol. The molecule has 0 spiro atoms. The quantitative estimate of drug-likeness (QED) is 0.732. The summed E-state index contributed by atoms with van der Waals surface area (Å²) in [4.78, 5) is 11.1. The van der Waals surface area contributed by atoms with Crippen LogP contribution in [0.25, 0.3) is 0 Å². The predicted octanol–water partition coefficient (Wildman–Crippen LogP) is 2.15. The molecule has 1 aromatic carbocycles. The van der Waals surface area contributed by atoms with Crippen molar-refractivity contribution in [1.82, 2.24) is 10.6 Å². The summed E-state index contributed by atoms with van der Waals surface area (Å²) in [5.74, 6) is 0.525. The van der Waals surface area contributed by atoms with Crippen LogP contribution in [0.3, 0.4) is 0 Å². The van der Waals surface area contributed by atoms with Crippen molar-refractivity contribution in [2.24, 2.45) is 0 Å². The molecule has 17 heavy (non-hydrogen) atoms. The van der Waals surface area contributed by atoms with E-state index in [0.717, 1.165) is 18.7 Å². The van der Waals surface area contributed by atoms with Crippen LogP contribution in [0.4, 0.5) is 10.5 Å². The molecule has 0 aliphatic heterocycles. The van der Waals surface area contributed by atoms with Crippen LogP contribution < -0.4 is 16.0 Å². The topological polar surface area (TPSA) is 53.2 Å². The van der Waals surface area contributed by atoms with Crippen LogP contribution in [0.5, 0.6) is 0 Å². The summed E-state index contributed by atoms with van der Waals surface area (Å²) in [5.41, 5.74) is 2.11. The first-order valence-corrected chi connectivity index (χ1v) is 5.90. The first-order chi connectivity index (χ1) is 8.17. The minimum atomic E-state index is -0.194. The number of amides is 2. The normalized spacial score (nSPS) is 11.9. The maximum atomic E-state index is 11.1. The summed E-state index contributed by atoms with van der Waals surface area (Å²) in [6, 6.07) is 7.79. The molecular formula is C13H21N3O. The van der Waals surface area contributed by atoms with E-state index in [-0.39, 0.29) is 6.03 Å². The van der Waals surface area contributed by atoms with E-state index in [1.807, 2.05) is 19.2 Å². The van der Waals surface area contributed by atoms with Crippen molar-refractivity contribution >= 4 is 11.7 Å². The largest absolute Gasteiger partial charge is 0.341 e. The first-order valence-electron chi connectivity index (χ1n) is 5.90. The lowest BCUT2D eigenvalue weighted by atomic mass is 9.98. The summed E-state index contributed by atoms with van der Waals surface area (Å²) in [5, 5.41) is 8.41. The van der Waals surface area contributed by atoms with Crippen molar-refractivity contribution in [3.63, 3.8) is 0 Å². The summed E-state index contributed by atoms with van der Waals surface area (Å²) in [7, 11) is 3.56. The Kier molecular flexibility index (Phi) is 5.49. The SMILES string of the molecule is CNCCC(C)c1ccc(NC(=O)NC)cc1. The van der Waals surface area contributed by atoms with Gasteiger partial charge in [0.05, 0.1) is 0 Å². The highest BCUT2D eigenvalue weighted by atomic mass is 16.2. The molecule has 0 saturated heterocycles. The summed E-state index contributed by atoms with van der Waals surface area (Å²) in [6.45, 7) is 3.22. The van der Waals surface area contributed by atoms with E-state index in [4.69, 9.17) is 0 Å². The van der Waals surface area contributed by atoms with E-state index < -0.39 is 0 Å². The fraction of sp³-hybridized carbons (Fsp3) is 0.462. The molecule has 0 saturated carbocycles. The van der Waals surface area contributed by atoms with E-state index in [9.17, 15) is 4.79 Å². The molecule has 1 atom stereocenters. The molecule has 0 heterocycles. The van der Waals surface area contributed by atoms with Gasteiger partial charge < -0.3 is 16.0 Å². The molecule has 0 fully saturated rings. The van der Waals surface area contributed by atoms with Gasteiger partial charge in [-0.15, -0.1) is 0 Å². The van der Waals surface area contributed by atoms with Crippen molar-refractivity contribution in [2.45, 2.75) is 19.3 Å². The van der Waals surface area contributed by atoms with Crippen molar-refractivity contribution in [2.75, 3.05) is 26.0 Å². The van der Waals surface area contributed by atoms with Gasteiger partial charge in [-0.3, -0.25) is 0 Å². The number of urea groups is 1. The Labute approximate surface area is 103 Å². The summed E-state index contributed by atoms with van der Waals surface area (Å²) in [6.07, 6.45) is 1.11. The van der Waals surface area contributed by atoms with Crippen LogP contribution in [-0.4, -0.2) is 26.7 Å². The fourth-order valence-electron chi connectivity index (χ4n) is 1.62. The lowest BCUT2D eigenvalue weighted by Crippen LogP contribution is -2.24. The Hall–Kier alpha value is -1.55. The minimum absolute atomic E-state index is 0.194. The van der Waals surface area contributed by atoms with Gasteiger partial charge >= 0.3 is 6.03 Å². The maximum absolute atomic E-state index is 11.1. The van der Waals surface area contributed by atoms with Crippen LogP contribution in [-0.2, 0) is 0 Å². The lowest BCUT2D eigenvalue weighted by Gasteiger charge is -2.12. The van der Waals surface area contributed by atoms with E-state index in [1.54, 1.807) is 7.05 Å². The molecule has 1 aromatic rings. The zero-order valence-corrected chi connectivity index (χ0v) is 10.7. The van der Waals surface area contributed by atoms with Crippen molar-refractivity contribution in [3.8, 4) is 0 Å². The Morgan fingerprint density at radius 1 is 1.24 bits per heavy atom. The molecule has 1 unspecified atom stereocenters. The van der Waals surface area contributed by atoms with Crippen LogP contribution in [0.15, 0.2) is 24.3 Å². The van der Waals surface area contributed by atoms with Gasteiger partial charge in [-0.2, -0.15) is 0 Å². The Morgan fingerprint density at radius 2 is 1.88 bits per heavy atom. The van der Waals surface area contributed by atoms with Crippen molar-refractivity contribution in [1.29, 1.82) is 0 Å². The van der Waals surface area contributed by atoms with Gasteiger partial charge in [0.25, 0.3) is 0 Å².